The second kappa shape index (κ2) is 10.2. The van der Waals surface area contributed by atoms with E-state index in [0.29, 0.717) is 6.42 Å². The van der Waals surface area contributed by atoms with Crippen molar-refractivity contribution in [2.45, 2.75) is 19.3 Å². The van der Waals surface area contributed by atoms with E-state index in [4.69, 9.17) is 0 Å². The maximum absolute atomic E-state index is 12.8. The van der Waals surface area contributed by atoms with Crippen LogP contribution in [0.4, 0.5) is 5.69 Å². The van der Waals surface area contributed by atoms with Crippen LogP contribution in [0.2, 0.25) is 0 Å². The second-order valence-electron chi connectivity index (χ2n) is 9.40. The van der Waals surface area contributed by atoms with Crippen molar-refractivity contribution < 1.29 is 4.79 Å². The van der Waals surface area contributed by atoms with Gasteiger partial charge in [0.25, 0.3) is 0 Å². The summed E-state index contributed by atoms with van der Waals surface area (Å²) in [5, 5.41) is 0. The van der Waals surface area contributed by atoms with Gasteiger partial charge >= 0.3 is 0 Å². The van der Waals surface area contributed by atoms with Crippen LogP contribution >= 0.6 is 0 Å². The molecule has 5 aromatic rings. The van der Waals surface area contributed by atoms with Gasteiger partial charge < -0.3 is 4.90 Å². The standard InChI is InChI=1S/C33H27N3O/c37-33-3-1-2-20-36(33)32-22-30(26-8-4-24(5-9-26)28-12-16-34-17-13-28)21-31(23-32)27-10-6-25(7-11-27)29-14-18-35-19-15-29/h4-19,21-23H,1-3,20H2. The lowest BCUT2D eigenvalue weighted by molar-refractivity contribution is -0.119. The monoisotopic (exact) mass is 481 g/mol. The molecule has 0 N–H and O–H groups in total. The number of carbonyl (C=O) groups is 1. The van der Waals surface area contributed by atoms with Crippen LogP contribution in [-0.4, -0.2) is 22.4 Å². The zero-order chi connectivity index (χ0) is 25.0. The van der Waals surface area contributed by atoms with Crippen molar-refractivity contribution in [3.63, 3.8) is 0 Å². The van der Waals surface area contributed by atoms with Crippen molar-refractivity contribution in [1.82, 2.24) is 9.97 Å². The Morgan fingerprint density at radius 2 is 0.892 bits per heavy atom. The number of piperidine rings is 1. The first-order chi connectivity index (χ1) is 18.2. The average Bonchev–Trinajstić information content (AvgIpc) is 2.98. The number of nitrogens with zero attached hydrogens (tertiary/aromatic N) is 3. The van der Waals surface area contributed by atoms with E-state index in [1.807, 2.05) is 54.0 Å². The minimum absolute atomic E-state index is 0.204. The Balaban J connectivity index is 1.39. The fourth-order valence-corrected chi connectivity index (χ4v) is 4.98. The maximum atomic E-state index is 12.8. The number of hydrogen-bond donors (Lipinski definition) is 0. The zero-order valence-corrected chi connectivity index (χ0v) is 20.5. The number of carbonyl (C=O) groups excluding carboxylic acids is 1. The van der Waals surface area contributed by atoms with Crippen LogP contribution in [-0.2, 0) is 4.79 Å². The molecule has 0 aliphatic carbocycles. The van der Waals surface area contributed by atoms with Gasteiger partial charge in [-0.2, -0.15) is 0 Å². The van der Waals surface area contributed by atoms with Crippen molar-refractivity contribution in [2.24, 2.45) is 0 Å². The van der Waals surface area contributed by atoms with Crippen LogP contribution in [0.5, 0.6) is 0 Å². The third-order valence-electron chi connectivity index (χ3n) is 7.02. The first-order valence-corrected chi connectivity index (χ1v) is 12.7. The van der Waals surface area contributed by atoms with Gasteiger partial charge in [0.2, 0.25) is 5.91 Å². The fourth-order valence-electron chi connectivity index (χ4n) is 4.98. The van der Waals surface area contributed by atoms with Crippen LogP contribution in [0, 0.1) is 0 Å². The smallest absolute Gasteiger partial charge is 0.226 e. The number of rotatable bonds is 5. The summed E-state index contributed by atoms with van der Waals surface area (Å²) in [5.41, 5.74) is 10.0. The number of amides is 1. The number of benzene rings is 3. The molecule has 1 amide bonds. The molecule has 0 atom stereocenters. The molecule has 0 bridgehead atoms. The Labute approximate surface area is 217 Å². The summed E-state index contributed by atoms with van der Waals surface area (Å²) in [6, 6.07) is 31.8. The third kappa shape index (κ3) is 4.91. The van der Waals surface area contributed by atoms with E-state index in [1.165, 1.54) is 0 Å². The van der Waals surface area contributed by atoms with E-state index in [2.05, 4.69) is 76.7 Å². The van der Waals surface area contributed by atoms with Gasteiger partial charge in [0.05, 0.1) is 0 Å². The van der Waals surface area contributed by atoms with Gasteiger partial charge in [-0.15, -0.1) is 0 Å². The number of anilines is 1. The molecular weight excluding hydrogens is 454 g/mol. The average molecular weight is 482 g/mol. The molecule has 6 rings (SSSR count). The van der Waals surface area contributed by atoms with E-state index < -0.39 is 0 Å². The Kier molecular flexibility index (Phi) is 6.30. The first-order valence-electron chi connectivity index (χ1n) is 12.7. The number of pyridine rings is 2. The van der Waals surface area contributed by atoms with E-state index in [9.17, 15) is 4.79 Å². The largest absolute Gasteiger partial charge is 0.312 e. The third-order valence-corrected chi connectivity index (χ3v) is 7.02. The van der Waals surface area contributed by atoms with Crippen LogP contribution in [0.25, 0.3) is 44.5 Å². The molecule has 3 heterocycles. The second-order valence-corrected chi connectivity index (χ2v) is 9.40. The molecule has 0 radical (unpaired) electrons. The molecule has 37 heavy (non-hydrogen) atoms. The fraction of sp³-hybridized carbons (Fsp3) is 0.121. The number of aromatic nitrogens is 2. The van der Waals surface area contributed by atoms with Crippen molar-refractivity contribution in [1.29, 1.82) is 0 Å². The summed E-state index contributed by atoms with van der Waals surface area (Å²) in [6.45, 7) is 0.768. The van der Waals surface area contributed by atoms with Crippen LogP contribution < -0.4 is 4.90 Å². The summed E-state index contributed by atoms with van der Waals surface area (Å²) in [7, 11) is 0. The van der Waals surface area contributed by atoms with Crippen molar-refractivity contribution in [3.05, 3.63) is 116 Å². The quantitative estimate of drug-likeness (QED) is 0.259. The van der Waals surface area contributed by atoms with Crippen molar-refractivity contribution in [2.75, 3.05) is 11.4 Å². The van der Waals surface area contributed by atoms with Crippen LogP contribution in [0.1, 0.15) is 19.3 Å². The van der Waals surface area contributed by atoms with E-state index >= 15 is 0 Å². The lowest BCUT2D eigenvalue weighted by Crippen LogP contribution is -2.35. The van der Waals surface area contributed by atoms with Gasteiger partial charge in [0.1, 0.15) is 0 Å². The lowest BCUT2D eigenvalue weighted by atomic mass is 9.95. The molecule has 0 spiro atoms. The molecule has 0 saturated carbocycles. The highest BCUT2D eigenvalue weighted by Gasteiger charge is 2.21. The molecule has 4 heteroatoms. The highest BCUT2D eigenvalue weighted by atomic mass is 16.2. The predicted octanol–water partition coefficient (Wildman–Crippen LogP) is 7.66. The van der Waals surface area contributed by atoms with Gasteiger partial charge in [0, 0.05) is 43.4 Å². The Morgan fingerprint density at radius 3 is 1.32 bits per heavy atom. The predicted molar refractivity (Wildman–Crippen MR) is 150 cm³/mol. The summed E-state index contributed by atoms with van der Waals surface area (Å²) < 4.78 is 0. The molecule has 2 aromatic heterocycles. The summed E-state index contributed by atoms with van der Waals surface area (Å²) in [6.07, 6.45) is 9.87. The van der Waals surface area contributed by atoms with Gasteiger partial charge in [-0.05, 0) is 99.8 Å². The number of hydrogen-bond acceptors (Lipinski definition) is 3. The van der Waals surface area contributed by atoms with E-state index in [1.54, 1.807) is 0 Å². The highest BCUT2D eigenvalue weighted by Crippen LogP contribution is 2.35. The topological polar surface area (TPSA) is 46.1 Å². The molecule has 0 unspecified atom stereocenters. The molecule has 1 saturated heterocycles. The molecule has 1 aliphatic rings. The highest BCUT2D eigenvalue weighted by molar-refractivity contribution is 5.96. The normalized spacial score (nSPS) is 13.5. The van der Waals surface area contributed by atoms with E-state index in [0.717, 1.165) is 69.6 Å². The molecule has 180 valence electrons. The van der Waals surface area contributed by atoms with Gasteiger partial charge in [-0.1, -0.05) is 48.5 Å². The SMILES string of the molecule is O=C1CCCCN1c1cc(-c2ccc(-c3ccncc3)cc2)cc(-c2ccc(-c3ccncc3)cc2)c1. The molecule has 3 aromatic carbocycles. The first kappa shape index (κ1) is 22.9. The Hall–Kier alpha value is -4.57. The lowest BCUT2D eigenvalue weighted by Gasteiger charge is -2.28. The van der Waals surface area contributed by atoms with Gasteiger partial charge in [0.15, 0.2) is 0 Å². The summed E-state index contributed by atoms with van der Waals surface area (Å²) in [5.74, 6) is 0.204. The summed E-state index contributed by atoms with van der Waals surface area (Å²) in [4.78, 5) is 23.0. The molecule has 4 nitrogen and oxygen atoms in total. The molecular formula is C33H27N3O. The van der Waals surface area contributed by atoms with Gasteiger partial charge in [-0.3, -0.25) is 14.8 Å². The van der Waals surface area contributed by atoms with Crippen LogP contribution in [0.3, 0.4) is 0 Å². The molecule has 1 aliphatic heterocycles. The Bertz CT molecular complexity index is 1410. The van der Waals surface area contributed by atoms with Crippen molar-refractivity contribution >= 4 is 11.6 Å². The van der Waals surface area contributed by atoms with Crippen molar-refractivity contribution in [3.8, 4) is 44.5 Å². The van der Waals surface area contributed by atoms with E-state index in [-0.39, 0.29) is 5.91 Å². The molecule has 1 fully saturated rings. The summed E-state index contributed by atoms with van der Waals surface area (Å²) >= 11 is 0. The van der Waals surface area contributed by atoms with Gasteiger partial charge in [-0.25, -0.2) is 0 Å². The zero-order valence-electron chi connectivity index (χ0n) is 20.5. The Morgan fingerprint density at radius 1 is 0.486 bits per heavy atom. The maximum Gasteiger partial charge on any atom is 0.226 e. The minimum Gasteiger partial charge on any atom is -0.312 e. The van der Waals surface area contributed by atoms with Crippen LogP contribution in [0.15, 0.2) is 116 Å². The minimum atomic E-state index is 0.204.